The first-order chi connectivity index (χ1) is 14.3. The molecule has 1 aliphatic rings. The third-order valence-corrected chi connectivity index (χ3v) is 5.14. The highest BCUT2D eigenvalue weighted by molar-refractivity contribution is 6.07. The van der Waals surface area contributed by atoms with Gasteiger partial charge in [0.25, 0.3) is 5.91 Å². The van der Waals surface area contributed by atoms with Crippen LogP contribution in [0.3, 0.4) is 0 Å². The van der Waals surface area contributed by atoms with Crippen molar-refractivity contribution in [2.45, 2.75) is 32.2 Å². The molecule has 0 spiro atoms. The Kier molecular flexibility index (Phi) is 5.42. The zero-order valence-electron chi connectivity index (χ0n) is 16.3. The predicted octanol–water partition coefficient (Wildman–Crippen LogP) is 4.43. The van der Waals surface area contributed by atoms with Gasteiger partial charge >= 0.3 is 6.18 Å². The van der Waals surface area contributed by atoms with Crippen LogP contribution in [0.15, 0.2) is 46.9 Å². The maximum absolute atomic E-state index is 12.8. The number of benzene rings is 2. The second kappa shape index (κ2) is 8.02. The highest BCUT2D eigenvalue weighted by Crippen LogP contribution is 2.31. The fourth-order valence-electron chi connectivity index (χ4n) is 3.56. The number of amides is 1. The number of alkyl halides is 3. The number of aryl methyl sites for hydroxylation is 1. The summed E-state index contributed by atoms with van der Waals surface area (Å²) in [5.74, 6) is 0.827. The molecule has 0 bridgehead atoms. The Bertz CT molecular complexity index is 1050. The molecule has 1 atom stereocenters. The Labute approximate surface area is 171 Å². The van der Waals surface area contributed by atoms with Crippen LogP contribution in [0.5, 0.6) is 5.75 Å². The minimum Gasteiger partial charge on any atom is -0.489 e. The van der Waals surface area contributed by atoms with E-state index < -0.39 is 11.7 Å². The molecule has 1 unspecified atom stereocenters. The van der Waals surface area contributed by atoms with Crippen molar-refractivity contribution >= 4 is 16.9 Å². The third kappa shape index (κ3) is 4.28. The van der Waals surface area contributed by atoms with Crippen LogP contribution in [-0.2, 0) is 12.8 Å². The molecule has 5 nitrogen and oxygen atoms in total. The van der Waals surface area contributed by atoms with Crippen molar-refractivity contribution in [2.24, 2.45) is 0 Å². The highest BCUT2D eigenvalue weighted by atomic mass is 19.4. The van der Waals surface area contributed by atoms with Gasteiger partial charge in [0.05, 0.1) is 11.1 Å². The van der Waals surface area contributed by atoms with Crippen LogP contribution in [-0.4, -0.2) is 25.0 Å². The molecule has 2 N–H and O–H groups in total. The van der Waals surface area contributed by atoms with E-state index in [1.165, 1.54) is 12.1 Å². The van der Waals surface area contributed by atoms with Crippen LogP contribution in [0.25, 0.3) is 11.0 Å². The van der Waals surface area contributed by atoms with Crippen molar-refractivity contribution in [1.29, 1.82) is 0 Å². The predicted molar refractivity (Wildman–Crippen MR) is 105 cm³/mol. The van der Waals surface area contributed by atoms with E-state index in [4.69, 9.17) is 9.15 Å². The van der Waals surface area contributed by atoms with Crippen molar-refractivity contribution in [3.05, 3.63) is 64.9 Å². The van der Waals surface area contributed by atoms with Gasteiger partial charge in [0.2, 0.25) is 0 Å². The summed E-state index contributed by atoms with van der Waals surface area (Å²) < 4.78 is 49.5. The van der Waals surface area contributed by atoms with Crippen molar-refractivity contribution in [1.82, 2.24) is 10.6 Å². The second-order valence-corrected chi connectivity index (χ2v) is 7.34. The summed E-state index contributed by atoms with van der Waals surface area (Å²) in [4.78, 5) is 12.8. The molecule has 1 aromatic heterocycles. The quantitative estimate of drug-likeness (QED) is 0.644. The highest BCUT2D eigenvalue weighted by Gasteiger charge is 2.30. The van der Waals surface area contributed by atoms with Crippen LogP contribution in [0, 0.1) is 6.92 Å². The molecule has 1 fully saturated rings. The van der Waals surface area contributed by atoms with Gasteiger partial charge in [-0.2, -0.15) is 13.2 Å². The standard InChI is InChI=1S/C22H21F3N2O3/c1-13-20(21(28)27-16-8-9-26-11-16)18-10-17(6-7-19(18)30-13)29-12-14-2-4-15(5-3-14)22(23,24)25/h2-7,10,16,26H,8-9,11-12H2,1H3,(H,27,28). The van der Waals surface area contributed by atoms with Crippen LogP contribution >= 0.6 is 0 Å². The molecule has 30 heavy (non-hydrogen) atoms. The summed E-state index contributed by atoms with van der Waals surface area (Å²) in [5, 5.41) is 6.86. The van der Waals surface area contributed by atoms with E-state index in [1.54, 1.807) is 25.1 Å². The fourth-order valence-corrected chi connectivity index (χ4v) is 3.56. The average Bonchev–Trinajstić information content (AvgIpc) is 3.32. The number of carbonyl (C=O) groups excluding carboxylic acids is 1. The van der Waals surface area contributed by atoms with E-state index in [-0.39, 0.29) is 18.6 Å². The van der Waals surface area contributed by atoms with Crippen molar-refractivity contribution in [3.63, 3.8) is 0 Å². The van der Waals surface area contributed by atoms with Crippen molar-refractivity contribution < 1.29 is 27.1 Å². The molecule has 1 amide bonds. The van der Waals surface area contributed by atoms with Crippen molar-refractivity contribution in [2.75, 3.05) is 13.1 Å². The number of hydrogen-bond acceptors (Lipinski definition) is 4. The summed E-state index contributed by atoms with van der Waals surface area (Å²) in [6.07, 6.45) is -3.49. The Balaban J connectivity index is 1.50. The van der Waals surface area contributed by atoms with Gasteiger partial charge in [0.15, 0.2) is 0 Å². The van der Waals surface area contributed by atoms with Gasteiger partial charge in [-0.1, -0.05) is 12.1 Å². The lowest BCUT2D eigenvalue weighted by atomic mass is 10.1. The summed E-state index contributed by atoms with van der Waals surface area (Å²) in [5.41, 5.74) is 0.953. The maximum atomic E-state index is 12.8. The van der Waals surface area contributed by atoms with Gasteiger partial charge in [-0.25, -0.2) is 0 Å². The van der Waals surface area contributed by atoms with Crippen LogP contribution in [0.4, 0.5) is 13.2 Å². The summed E-state index contributed by atoms with van der Waals surface area (Å²) >= 11 is 0. The first-order valence-corrected chi connectivity index (χ1v) is 9.65. The van der Waals surface area contributed by atoms with Gasteiger partial charge < -0.3 is 19.8 Å². The lowest BCUT2D eigenvalue weighted by Gasteiger charge is -2.11. The smallest absolute Gasteiger partial charge is 0.416 e. The zero-order chi connectivity index (χ0) is 21.3. The molecule has 0 radical (unpaired) electrons. The lowest BCUT2D eigenvalue weighted by Crippen LogP contribution is -2.36. The average molecular weight is 418 g/mol. The molecule has 0 aliphatic carbocycles. The van der Waals surface area contributed by atoms with Gasteiger partial charge in [0.1, 0.15) is 23.7 Å². The molecule has 2 heterocycles. The molecule has 3 aromatic rings. The fraction of sp³-hybridized carbons (Fsp3) is 0.318. The number of fused-ring (bicyclic) bond motifs is 1. The van der Waals surface area contributed by atoms with E-state index in [0.29, 0.717) is 33.6 Å². The van der Waals surface area contributed by atoms with Crippen LogP contribution in [0.1, 0.15) is 33.7 Å². The zero-order valence-corrected chi connectivity index (χ0v) is 16.3. The normalized spacial score (nSPS) is 16.7. The molecule has 2 aromatic carbocycles. The molecular weight excluding hydrogens is 397 g/mol. The largest absolute Gasteiger partial charge is 0.489 e. The molecular formula is C22H21F3N2O3. The van der Waals surface area contributed by atoms with Crippen LogP contribution < -0.4 is 15.4 Å². The number of halogens is 3. The van der Waals surface area contributed by atoms with E-state index in [2.05, 4.69) is 10.6 Å². The molecule has 1 saturated heterocycles. The first kappa shape index (κ1) is 20.3. The molecule has 4 rings (SSSR count). The van der Waals surface area contributed by atoms with Gasteiger partial charge in [-0.15, -0.1) is 0 Å². The number of furan rings is 1. The topological polar surface area (TPSA) is 63.5 Å². The number of hydrogen-bond donors (Lipinski definition) is 2. The van der Waals surface area contributed by atoms with Crippen molar-refractivity contribution in [3.8, 4) is 5.75 Å². The number of nitrogens with one attached hydrogen (secondary N) is 2. The Morgan fingerprint density at radius 1 is 1.23 bits per heavy atom. The Morgan fingerprint density at radius 2 is 2.00 bits per heavy atom. The molecule has 158 valence electrons. The Hall–Kier alpha value is -3.00. The SMILES string of the molecule is Cc1oc2ccc(OCc3ccc(C(F)(F)F)cc3)cc2c1C(=O)NC1CCNC1. The minimum atomic E-state index is -4.37. The van der Waals surface area contributed by atoms with E-state index in [0.717, 1.165) is 31.6 Å². The summed E-state index contributed by atoms with van der Waals surface area (Å²) in [6, 6.07) is 10.1. The summed E-state index contributed by atoms with van der Waals surface area (Å²) in [6.45, 7) is 3.46. The molecule has 0 saturated carbocycles. The van der Waals surface area contributed by atoms with Crippen LogP contribution in [0.2, 0.25) is 0 Å². The Morgan fingerprint density at radius 3 is 2.67 bits per heavy atom. The van der Waals surface area contributed by atoms with Gasteiger partial charge in [-0.3, -0.25) is 4.79 Å². The van der Waals surface area contributed by atoms with Gasteiger partial charge in [0, 0.05) is 18.0 Å². The minimum absolute atomic E-state index is 0.0842. The van der Waals surface area contributed by atoms with E-state index in [1.807, 2.05) is 0 Å². The van der Waals surface area contributed by atoms with E-state index in [9.17, 15) is 18.0 Å². The number of rotatable bonds is 5. The lowest BCUT2D eigenvalue weighted by molar-refractivity contribution is -0.137. The second-order valence-electron chi connectivity index (χ2n) is 7.34. The number of ether oxygens (including phenoxy) is 1. The molecule has 8 heteroatoms. The third-order valence-electron chi connectivity index (χ3n) is 5.14. The summed E-state index contributed by atoms with van der Waals surface area (Å²) in [7, 11) is 0. The monoisotopic (exact) mass is 418 g/mol. The van der Waals surface area contributed by atoms with Gasteiger partial charge in [-0.05, 0) is 55.8 Å². The maximum Gasteiger partial charge on any atom is 0.416 e. The van der Waals surface area contributed by atoms with E-state index >= 15 is 0 Å². The number of carbonyl (C=O) groups is 1. The first-order valence-electron chi connectivity index (χ1n) is 9.65. The molecule has 1 aliphatic heterocycles.